The van der Waals surface area contributed by atoms with Crippen LogP contribution in [-0.4, -0.2) is 37.2 Å². The molecule has 0 atom stereocenters. The van der Waals surface area contributed by atoms with Gasteiger partial charge in [-0.1, -0.05) is 18.2 Å². The van der Waals surface area contributed by atoms with Gasteiger partial charge in [0.05, 0.1) is 0 Å². The lowest BCUT2D eigenvalue weighted by molar-refractivity contribution is 0.321. The number of aromatic amines is 1. The molecule has 3 nitrogen and oxygen atoms in total. The van der Waals surface area contributed by atoms with Gasteiger partial charge in [-0.05, 0) is 39.1 Å². The van der Waals surface area contributed by atoms with E-state index in [1.807, 2.05) is 7.05 Å². The molecule has 3 heteroatoms. The molecule has 0 saturated heterocycles. The number of nitrogens with one attached hydrogen (secondary N) is 2. The number of hydrogen-bond donors (Lipinski definition) is 2. The number of H-pyrrole nitrogens is 1. The van der Waals surface area contributed by atoms with Gasteiger partial charge >= 0.3 is 0 Å². The minimum Gasteiger partial charge on any atom is -0.358 e. The lowest BCUT2D eigenvalue weighted by atomic mass is 10.1. The Labute approximate surface area is 103 Å². The molecule has 1 aromatic carbocycles. The van der Waals surface area contributed by atoms with E-state index in [0.29, 0.717) is 0 Å². The van der Waals surface area contributed by atoms with Crippen LogP contribution in [0.3, 0.4) is 0 Å². The molecule has 0 aliphatic carbocycles. The zero-order valence-corrected chi connectivity index (χ0v) is 10.9. The van der Waals surface area contributed by atoms with Crippen LogP contribution in [0.1, 0.15) is 11.3 Å². The molecule has 0 unspecified atom stereocenters. The summed E-state index contributed by atoms with van der Waals surface area (Å²) in [6, 6.07) is 8.53. The third kappa shape index (κ3) is 2.68. The molecule has 17 heavy (non-hydrogen) atoms. The van der Waals surface area contributed by atoms with Gasteiger partial charge in [0, 0.05) is 29.8 Å². The molecule has 0 radical (unpaired) electrons. The van der Waals surface area contributed by atoms with Gasteiger partial charge in [-0.15, -0.1) is 0 Å². The Morgan fingerprint density at radius 1 is 1.29 bits per heavy atom. The highest BCUT2D eigenvalue weighted by Gasteiger charge is 2.08. The third-order valence-electron chi connectivity index (χ3n) is 3.20. The molecule has 2 aromatic rings. The quantitative estimate of drug-likeness (QED) is 0.772. The molecule has 1 heterocycles. The Morgan fingerprint density at radius 3 is 2.82 bits per heavy atom. The molecule has 0 bridgehead atoms. The zero-order chi connectivity index (χ0) is 12.3. The highest BCUT2D eigenvalue weighted by atomic mass is 15.2. The summed E-state index contributed by atoms with van der Waals surface area (Å²) in [6.45, 7) is 4.17. The number of hydrogen-bond acceptors (Lipinski definition) is 2. The maximum atomic E-state index is 3.45. The van der Waals surface area contributed by atoms with Gasteiger partial charge in [-0.25, -0.2) is 0 Å². The van der Waals surface area contributed by atoms with Gasteiger partial charge in [-0.3, -0.25) is 4.90 Å². The summed E-state index contributed by atoms with van der Waals surface area (Å²) in [7, 11) is 4.12. The largest absolute Gasteiger partial charge is 0.358 e. The van der Waals surface area contributed by atoms with E-state index in [2.05, 4.69) is 53.4 Å². The molecule has 0 fully saturated rings. The lowest BCUT2D eigenvalue weighted by Gasteiger charge is -2.15. The van der Waals surface area contributed by atoms with Crippen LogP contribution in [-0.2, 0) is 6.42 Å². The van der Waals surface area contributed by atoms with Crippen LogP contribution < -0.4 is 5.32 Å². The van der Waals surface area contributed by atoms with Crippen molar-refractivity contribution in [2.24, 2.45) is 0 Å². The second kappa shape index (κ2) is 5.34. The van der Waals surface area contributed by atoms with E-state index in [1.165, 1.54) is 22.2 Å². The fraction of sp³-hybridized carbons (Fsp3) is 0.429. The van der Waals surface area contributed by atoms with Gasteiger partial charge in [0.25, 0.3) is 0 Å². The smallest absolute Gasteiger partial charge is 0.0475 e. The molecule has 2 rings (SSSR count). The predicted molar refractivity (Wildman–Crippen MR) is 73.3 cm³/mol. The van der Waals surface area contributed by atoms with Crippen molar-refractivity contribution in [3.8, 4) is 0 Å². The van der Waals surface area contributed by atoms with Crippen molar-refractivity contribution in [3.63, 3.8) is 0 Å². The van der Waals surface area contributed by atoms with E-state index in [9.17, 15) is 0 Å². The summed E-state index contributed by atoms with van der Waals surface area (Å²) in [4.78, 5) is 5.74. The van der Waals surface area contributed by atoms with Crippen molar-refractivity contribution in [2.45, 2.75) is 13.3 Å². The summed E-state index contributed by atoms with van der Waals surface area (Å²) < 4.78 is 0. The van der Waals surface area contributed by atoms with Gasteiger partial charge in [0.1, 0.15) is 0 Å². The minimum atomic E-state index is 0.932. The van der Waals surface area contributed by atoms with Crippen molar-refractivity contribution >= 4 is 10.9 Å². The SMILES string of the molecule is CNCN(C)CCc1c(C)[nH]c2ccccc12. The Bertz CT molecular complexity index is 487. The number of fused-ring (bicyclic) bond motifs is 1. The van der Waals surface area contributed by atoms with Crippen LogP contribution in [0.4, 0.5) is 0 Å². The molecule has 0 saturated carbocycles. The number of nitrogens with zero attached hydrogens (tertiary/aromatic N) is 1. The van der Waals surface area contributed by atoms with Crippen molar-refractivity contribution in [1.82, 2.24) is 15.2 Å². The number of benzene rings is 1. The summed E-state index contributed by atoms with van der Waals surface area (Å²) >= 11 is 0. The fourth-order valence-corrected chi connectivity index (χ4v) is 2.31. The fourth-order valence-electron chi connectivity index (χ4n) is 2.31. The third-order valence-corrected chi connectivity index (χ3v) is 3.20. The molecule has 0 aliphatic rings. The number of aromatic nitrogens is 1. The first kappa shape index (κ1) is 12.1. The average Bonchev–Trinajstić information content (AvgIpc) is 2.62. The van der Waals surface area contributed by atoms with Crippen LogP contribution >= 0.6 is 0 Å². The molecular formula is C14H21N3. The van der Waals surface area contributed by atoms with Gasteiger partial charge in [-0.2, -0.15) is 0 Å². The van der Waals surface area contributed by atoms with Crippen LogP contribution in [0.25, 0.3) is 10.9 Å². The monoisotopic (exact) mass is 231 g/mol. The standard InChI is InChI=1S/C14H21N3/c1-11-12(8-9-17(3)10-15-2)13-6-4-5-7-14(13)16-11/h4-7,15-16H,8-10H2,1-3H3. The molecule has 0 spiro atoms. The van der Waals surface area contributed by atoms with E-state index in [1.54, 1.807) is 0 Å². The summed E-state index contributed by atoms with van der Waals surface area (Å²) in [5.41, 5.74) is 3.99. The van der Waals surface area contributed by atoms with E-state index in [4.69, 9.17) is 0 Å². The summed E-state index contributed by atoms with van der Waals surface area (Å²) in [5, 5.41) is 4.53. The Balaban J connectivity index is 2.15. The van der Waals surface area contributed by atoms with Gasteiger partial charge in [0.15, 0.2) is 0 Å². The van der Waals surface area contributed by atoms with Crippen LogP contribution in [0.2, 0.25) is 0 Å². The maximum absolute atomic E-state index is 3.45. The minimum absolute atomic E-state index is 0.932. The van der Waals surface area contributed by atoms with E-state index in [-0.39, 0.29) is 0 Å². The van der Waals surface area contributed by atoms with E-state index in [0.717, 1.165) is 19.6 Å². The number of likely N-dealkylation sites (N-methyl/N-ethyl adjacent to an activating group) is 1. The van der Waals surface area contributed by atoms with E-state index < -0.39 is 0 Å². The Hall–Kier alpha value is -1.32. The first-order valence-corrected chi connectivity index (χ1v) is 6.11. The van der Waals surface area contributed by atoms with Crippen molar-refractivity contribution in [3.05, 3.63) is 35.5 Å². The molecule has 92 valence electrons. The number of rotatable bonds is 5. The molecule has 1 aromatic heterocycles. The highest BCUT2D eigenvalue weighted by molar-refractivity contribution is 5.84. The van der Waals surface area contributed by atoms with Crippen LogP contribution in [0, 0.1) is 6.92 Å². The first-order valence-electron chi connectivity index (χ1n) is 6.11. The van der Waals surface area contributed by atoms with Gasteiger partial charge < -0.3 is 10.3 Å². The normalized spacial score (nSPS) is 11.5. The van der Waals surface area contributed by atoms with Crippen molar-refractivity contribution in [1.29, 1.82) is 0 Å². The molecule has 0 amide bonds. The predicted octanol–water partition coefficient (Wildman–Crippen LogP) is 2.13. The van der Waals surface area contributed by atoms with E-state index >= 15 is 0 Å². The molecular weight excluding hydrogens is 210 g/mol. The molecule has 0 aliphatic heterocycles. The van der Waals surface area contributed by atoms with Crippen molar-refractivity contribution in [2.75, 3.05) is 27.3 Å². The van der Waals surface area contributed by atoms with Crippen LogP contribution in [0.5, 0.6) is 0 Å². The Morgan fingerprint density at radius 2 is 2.06 bits per heavy atom. The average molecular weight is 231 g/mol. The van der Waals surface area contributed by atoms with Crippen LogP contribution in [0.15, 0.2) is 24.3 Å². The number of aryl methyl sites for hydroxylation is 1. The summed E-state index contributed by atoms with van der Waals surface area (Å²) in [6.07, 6.45) is 1.09. The Kier molecular flexibility index (Phi) is 3.82. The zero-order valence-electron chi connectivity index (χ0n) is 10.9. The first-order chi connectivity index (χ1) is 8.22. The lowest BCUT2D eigenvalue weighted by Crippen LogP contribution is -2.30. The maximum Gasteiger partial charge on any atom is 0.0475 e. The topological polar surface area (TPSA) is 31.1 Å². The summed E-state index contributed by atoms with van der Waals surface area (Å²) in [5.74, 6) is 0. The highest BCUT2D eigenvalue weighted by Crippen LogP contribution is 2.22. The van der Waals surface area contributed by atoms with Gasteiger partial charge in [0.2, 0.25) is 0 Å². The number of para-hydroxylation sites is 1. The van der Waals surface area contributed by atoms with Crippen molar-refractivity contribution < 1.29 is 0 Å². The second-order valence-corrected chi connectivity index (χ2v) is 4.62. The second-order valence-electron chi connectivity index (χ2n) is 4.62. The molecule has 2 N–H and O–H groups in total.